The van der Waals surface area contributed by atoms with Gasteiger partial charge in [-0.15, -0.1) is 0 Å². The van der Waals surface area contributed by atoms with Gasteiger partial charge in [-0.2, -0.15) is 0 Å². The molecule has 3 heteroatoms. The van der Waals surface area contributed by atoms with Gasteiger partial charge in [-0.05, 0) is 25.8 Å². The van der Waals surface area contributed by atoms with E-state index in [2.05, 4.69) is 5.32 Å². The Bertz CT molecular complexity index is 160. The molecule has 13 heavy (non-hydrogen) atoms. The lowest BCUT2D eigenvalue weighted by molar-refractivity contribution is 0.0716. The summed E-state index contributed by atoms with van der Waals surface area (Å²) in [5, 5.41) is 3.61. The summed E-state index contributed by atoms with van der Waals surface area (Å²) in [5.74, 6) is 0.662. The maximum absolute atomic E-state index is 5.45. The topological polar surface area (TPSA) is 30.5 Å². The van der Waals surface area contributed by atoms with E-state index in [-0.39, 0.29) is 5.54 Å². The standard InChI is InChI=1S/C10H19NO2/c1-12-8-10(4-2-5-11-10)9-3-6-13-7-9/h9,11H,2-8H2,1H3. The number of methoxy groups -OCH3 is 1. The molecule has 0 saturated carbocycles. The maximum atomic E-state index is 5.45. The van der Waals surface area contributed by atoms with Crippen LogP contribution >= 0.6 is 0 Å². The third-order valence-corrected chi connectivity index (χ3v) is 3.39. The van der Waals surface area contributed by atoms with E-state index in [4.69, 9.17) is 9.47 Å². The average Bonchev–Trinajstić information content (AvgIpc) is 2.73. The second-order valence-electron chi connectivity index (χ2n) is 4.18. The van der Waals surface area contributed by atoms with Gasteiger partial charge in [0.25, 0.3) is 0 Å². The Hall–Kier alpha value is -0.120. The first-order valence-corrected chi connectivity index (χ1v) is 5.19. The molecule has 2 atom stereocenters. The molecule has 2 aliphatic heterocycles. The van der Waals surface area contributed by atoms with Crippen molar-refractivity contribution in [2.45, 2.75) is 24.8 Å². The molecule has 2 unspecified atom stereocenters. The lowest BCUT2D eigenvalue weighted by atomic mass is 9.82. The molecule has 0 spiro atoms. The van der Waals surface area contributed by atoms with Crippen LogP contribution in [0.5, 0.6) is 0 Å². The van der Waals surface area contributed by atoms with Gasteiger partial charge in [-0.3, -0.25) is 0 Å². The van der Waals surface area contributed by atoms with Crippen LogP contribution in [0.15, 0.2) is 0 Å². The zero-order valence-corrected chi connectivity index (χ0v) is 8.34. The molecule has 0 aromatic heterocycles. The highest BCUT2D eigenvalue weighted by Gasteiger charge is 2.42. The Labute approximate surface area is 79.8 Å². The van der Waals surface area contributed by atoms with E-state index >= 15 is 0 Å². The molecule has 1 N–H and O–H groups in total. The van der Waals surface area contributed by atoms with Crippen LogP contribution in [0.3, 0.4) is 0 Å². The fourth-order valence-corrected chi connectivity index (χ4v) is 2.65. The van der Waals surface area contributed by atoms with E-state index in [1.54, 1.807) is 7.11 Å². The normalized spacial score (nSPS) is 39.9. The molecule has 0 radical (unpaired) electrons. The van der Waals surface area contributed by atoms with Gasteiger partial charge in [0.2, 0.25) is 0 Å². The summed E-state index contributed by atoms with van der Waals surface area (Å²) in [7, 11) is 1.79. The van der Waals surface area contributed by atoms with Crippen LogP contribution in [0.4, 0.5) is 0 Å². The van der Waals surface area contributed by atoms with Crippen LogP contribution in [0.2, 0.25) is 0 Å². The molecule has 0 aromatic rings. The van der Waals surface area contributed by atoms with Gasteiger partial charge in [0.15, 0.2) is 0 Å². The van der Waals surface area contributed by atoms with Gasteiger partial charge >= 0.3 is 0 Å². The summed E-state index contributed by atoms with van der Waals surface area (Å²) in [6, 6.07) is 0. The van der Waals surface area contributed by atoms with Crippen molar-refractivity contribution in [1.82, 2.24) is 5.32 Å². The predicted octanol–water partition coefficient (Wildman–Crippen LogP) is 0.792. The summed E-state index contributed by atoms with van der Waals surface area (Å²) in [4.78, 5) is 0. The summed E-state index contributed by atoms with van der Waals surface area (Å²) in [6.07, 6.45) is 3.71. The molecule has 2 heterocycles. The molecule has 76 valence electrons. The first-order valence-electron chi connectivity index (χ1n) is 5.19. The van der Waals surface area contributed by atoms with E-state index in [0.29, 0.717) is 5.92 Å². The summed E-state index contributed by atoms with van der Waals surface area (Å²) in [6.45, 7) is 3.81. The lowest BCUT2D eigenvalue weighted by Crippen LogP contribution is -2.50. The van der Waals surface area contributed by atoms with Crippen molar-refractivity contribution in [3.8, 4) is 0 Å². The smallest absolute Gasteiger partial charge is 0.0648 e. The highest BCUT2D eigenvalue weighted by molar-refractivity contribution is 4.99. The Balaban J connectivity index is 2.02. The molecule has 0 aliphatic carbocycles. The van der Waals surface area contributed by atoms with Gasteiger partial charge in [0.05, 0.1) is 13.2 Å². The minimum Gasteiger partial charge on any atom is -0.383 e. The van der Waals surface area contributed by atoms with Crippen molar-refractivity contribution in [2.75, 3.05) is 33.5 Å². The minimum atomic E-state index is 0.227. The fraction of sp³-hybridized carbons (Fsp3) is 1.00. The molecule has 0 amide bonds. The first-order chi connectivity index (χ1) is 6.37. The van der Waals surface area contributed by atoms with Crippen LogP contribution in [0.25, 0.3) is 0 Å². The Morgan fingerprint density at radius 1 is 1.62 bits per heavy atom. The predicted molar refractivity (Wildman–Crippen MR) is 50.8 cm³/mol. The van der Waals surface area contributed by atoms with E-state index in [1.165, 1.54) is 19.3 Å². The van der Waals surface area contributed by atoms with Crippen molar-refractivity contribution < 1.29 is 9.47 Å². The third kappa shape index (κ3) is 1.73. The largest absolute Gasteiger partial charge is 0.383 e. The minimum absolute atomic E-state index is 0.227. The average molecular weight is 185 g/mol. The second kappa shape index (κ2) is 3.95. The lowest BCUT2D eigenvalue weighted by Gasteiger charge is -2.34. The number of hydrogen-bond acceptors (Lipinski definition) is 3. The molecular weight excluding hydrogens is 166 g/mol. The molecule has 2 fully saturated rings. The molecule has 2 saturated heterocycles. The summed E-state index contributed by atoms with van der Waals surface area (Å²) < 4.78 is 10.8. The Kier molecular flexibility index (Phi) is 2.86. The molecule has 2 rings (SSSR count). The van der Waals surface area contributed by atoms with Crippen molar-refractivity contribution in [3.05, 3.63) is 0 Å². The van der Waals surface area contributed by atoms with Gasteiger partial charge in [0.1, 0.15) is 0 Å². The van der Waals surface area contributed by atoms with Gasteiger partial charge in [-0.25, -0.2) is 0 Å². The maximum Gasteiger partial charge on any atom is 0.0648 e. The Morgan fingerprint density at radius 2 is 2.54 bits per heavy atom. The number of hydrogen-bond donors (Lipinski definition) is 1. The monoisotopic (exact) mass is 185 g/mol. The third-order valence-electron chi connectivity index (χ3n) is 3.39. The zero-order chi connectivity index (χ0) is 9.15. The molecular formula is C10H19NO2. The van der Waals surface area contributed by atoms with Crippen molar-refractivity contribution in [1.29, 1.82) is 0 Å². The second-order valence-corrected chi connectivity index (χ2v) is 4.18. The number of ether oxygens (including phenoxy) is 2. The van der Waals surface area contributed by atoms with Crippen molar-refractivity contribution in [3.63, 3.8) is 0 Å². The molecule has 3 nitrogen and oxygen atoms in total. The van der Waals surface area contributed by atoms with Crippen molar-refractivity contribution in [2.24, 2.45) is 5.92 Å². The van der Waals surface area contributed by atoms with Crippen LogP contribution in [-0.4, -0.2) is 39.0 Å². The zero-order valence-electron chi connectivity index (χ0n) is 8.34. The number of nitrogens with one attached hydrogen (secondary N) is 1. The molecule has 0 aromatic carbocycles. The van der Waals surface area contributed by atoms with E-state index in [9.17, 15) is 0 Å². The van der Waals surface area contributed by atoms with E-state index in [0.717, 1.165) is 26.4 Å². The van der Waals surface area contributed by atoms with Crippen molar-refractivity contribution >= 4 is 0 Å². The van der Waals surface area contributed by atoms with Crippen LogP contribution < -0.4 is 5.32 Å². The summed E-state index contributed by atoms with van der Waals surface area (Å²) in [5.41, 5.74) is 0.227. The number of rotatable bonds is 3. The van der Waals surface area contributed by atoms with E-state index < -0.39 is 0 Å². The summed E-state index contributed by atoms with van der Waals surface area (Å²) >= 11 is 0. The fourth-order valence-electron chi connectivity index (χ4n) is 2.65. The van der Waals surface area contributed by atoms with Crippen LogP contribution in [-0.2, 0) is 9.47 Å². The highest BCUT2D eigenvalue weighted by atomic mass is 16.5. The van der Waals surface area contributed by atoms with Gasteiger partial charge in [0, 0.05) is 25.2 Å². The Morgan fingerprint density at radius 3 is 3.08 bits per heavy atom. The quantitative estimate of drug-likeness (QED) is 0.705. The van der Waals surface area contributed by atoms with Gasteiger partial charge < -0.3 is 14.8 Å². The SMILES string of the molecule is COCC1(C2CCOC2)CCCN1. The molecule has 2 aliphatic rings. The van der Waals surface area contributed by atoms with Crippen LogP contribution in [0, 0.1) is 5.92 Å². The van der Waals surface area contributed by atoms with Crippen LogP contribution in [0.1, 0.15) is 19.3 Å². The molecule has 0 bridgehead atoms. The van der Waals surface area contributed by atoms with E-state index in [1.807, 2.05) is 0 Å². The first kappa shape index (κ1) is 9.44. The highest BCUT2D eigenvalue weighted by Crippen LogP contribution is 2.33. The van der Waals surface area contributed by atoms with Gasteiger partial charge in [-0.1, -0.05) is 0 Å².